The van der Waals surface area contributed by atoms with Crippen LogP contribution in [0.2, 0.25) is 0 Å². The number of ether oxygens (including phenoxy) is 3. The van der Waals surface area contributed by atoms with Crippen LogP contribution in [0.15, 0.2) is 24.3 Å². The SMILES string of the molecule is CCCCC1COC(c2ccc(OC(F)F)cc2)OC1. The number of hydrogen-bond acceptors (Lipinski definition) is 3. The Hall–Kier alpha value is -1.20. The fourth-order valence-electron chi connectivity index (χ4n) is 2.20. The Morgan fingerprint density at radius 1 is 1.20 bits per heavy atom. The first-order valence-electron chi connectivity index (χ1n) is 6.97. The van der Waals surface area contributed by atoms with Crippen molar-refractivity contribution in [2.45, 2.75) is 39.1 Å². The minimum absolute atomic E-state index is 0.139. The highest BCUT2D eigenvalue weighted by Gasteiger charge is 2.23. The maximum Gasteiger partial charge on any atom is 0.387 e. The zero-order chi connectivity index (χ0) is 14.4. The summed E-state index contributed by atoms with van der Waals surface area (Å²) < 4.78 is 39.8. The first kappa shape index (κ1) is 15.2. The van der Waals surface area contributed by atoms with E-state index in [1.165, 1.54) is 25.0 Å². The lowest BCUT2D eigenvalue weighted by atomic mass is 10.0. The molecule has 0 N–H and O–H groups in total. The molecule has 0 aromatic heterocycles. The first-order chi connectivity index (χ1) is 9.69. The number of halogens is 2. The second kappa shape index (κ2) is 7.55. The van der Waals surface area contributed by atoms with E-state index in [1.54, 1.807) is 12.1 Å². The zero-order valence-corrected chi connectivity index (χ0v) is 11.6. The summed E-state index contributed by atoms with van der Waals surface area (Å²) in [6.45, 7) is 0.721. The van der Waals surface area contributed by atoms with Crippen molar-refractivity contribution in [3.63, 3.8) is 0 Å². The monoisotopic (exact) mass is 286 g/mol. The van der Waals surface area contributed by atoms with Crippen LogP contribution in [0.25, 0.3) is 0 Å². The molecule has 1 aliphatic rings. The van der Waals surface area contributed by atoms with Crippen LogP contribution in [-0.4, -0.2) is 19.8 Å². The molecule has 0 unspecified atom stereocenters. The van der Waals surface area contributed by atoms with Crippen LogP contribution < -0.4 is 4.74 Å². The van der Waals surface area contributed by atoms with Crippen molar-refractivity contribution in [3.05, 3.63) is 29.8 Å². The van der Waals surface area contributed by atoms with Crippen molar-refractivity contribution in [1.29, 1.82) is 0 Å². The molecule has 1 heterocycles. The van der Waals surface area contributed by atoms with Gasteiger partial charge < -0.3 is 14.2 Å². The van der Waals surface area contributed by atoms with Crippen molar-refractivity contribution in [2.24, 2.45) is 5.92 Å². The molecule has 0 bridgehead atoms. The summed E-state index contributed by atoms with van der Waals surface area (Å²) in [4.78, 5) is 0. The Balaban J connectivity index is 1.84. The maximum absolute atomic E-state index is 12.0. The van der Waals surface area contributed by atoms with Crippen molar-refractivity contribution in [3.8, 4) is 5.75 Å². The van der Waals surface area contributed by atoms with Crippen LogP contribution in [0.1, 0.15) is 38.0 Å². The second-order valence-corrected chi connectivity index (χ2v) is 4.95. The normalized spacial score (nSPS) is 23.0. The van der Waals surface area contributed by atoms with Gasteiger partial charge in [0.2, 0.25) is 0 Å². The number of benzene rings is 1. The van der Waals surface area contributed by atoms with Gasteiger partial charge in [0.05, 0.1) is 13.2 Å². The third-order valence-corrected chi connectivity index (χ3v) is 3.31. The van der Waals surface area contributed by atoms with Crippen LogP contribution in [0.4, 0.5) is 8.78 Å². The maximum atomic E-state index is 12.0. The molecule has 3 nitrogen and oxygen atoms in total. The average molecular weight is 286 g/mol. The predicted octanol–water partition coefficient (Wildman–Crippen LogP) is 4.14. The first-order valence-corrected chi connectivity index (χ1v) is 6.97. The van der Waals surface area contributed by atoms with E-state index in [4.69, 9.17) is 9.47 Å². The van der Waals surface area contributed by atoms with E-state index in [9.17, 15) is 8.78 Å². The molecule has 0 amide bonds. The largest absolute Gasteiger partial charge is 0.435 e. The van der Waals surface area contributed by atoms with Gasteiger partial charge >= 0.3 is 6.61 Å². The van der Waals surface area contributed by atoms with Crippen LogP contribution in [0.3, 0.4) is 0 Å². The number of rotatable bonds is 6. The molecule has 1 aliphatic heterocycles. The number of alkyl halides is 2. The lowest BCUT2D eigenvalue weighted by molar-refractivity contribution is -0.206. The topological polar surface area (TPSA) is 27.7 Å². The fraction of sp³-hybridized carbons (Fsp3) is 0.600. The number of unbranched alkanes of at least 4 members (excludes halogenated alkanes) is 1. The standard InChI is InChI=1S/C15H20F2O3/c1-2-3-4-11-9-18-14(19-10-11)12-5-7-13(8-6-12)20-15(16)17/h5-8,11,14-15H,2-4,9-10H2,1H3. The molecule has 2 rings (SSSR count). The van der Waals surface area contributed by atoms with Crippen LogP contribution in [0.5, 0.6) is 5.75 Å². The summed E-state index contributed by atoms with van der Waals surface area (Å²) in [7, 11) is 0. The fourth-order valence-corrected chi connectivity index (χ4v) is 2.20. The lowest BCUT2D eigenvalue weighted by Crippen LogP contribution is -2.27. The van der Waals surface area contributed by atoms with E-state index in [2.05, 4.69) is 11.7 Å². The molecule has 0 aliphatic carbocycles. The van der Waals surface area contributed by atoms with Crippen molar-refractivity contribution in [1.82, 2.24) is 0 Å². The Kier molecular flexibility index (Phi) is 5.73. The van der Waals surface area contributed by atoms with Crippen molar-refractivity contribution < 1.29 is 23.0 Å². The number of hydrogen-bond donors (Lipinski definition) is 0. The van der Waals surface area contributed by atoms with E-state index in [1.807, 2.05) is 0 Å². The highest BCUT2D eigenvalue weighted by molar-refractivity contribution is 5.28. The minimum atomic E-state index is -2.80. The molecule has 1 saturated heterocycles. The Bertz CT molecular complexity index is 387. The molecule has 0 saturated carbocycles. The van der Waals surface area contributed by atoms with E-state index in [0.29, 0.717) is 19.1 Å². The van der Waals surface area contributed by atoms with Gasteiger partial charge in [0.15, 0.2) is 6.29 Å². The summed E-state index contributed by atoms with van der Waals surface area (Å²) in [5, 5.41) is 0. The van der Waals surface area contributed by atoms with Crippen molar-refractivity contribution >= 4 is 0 Å². The highest BCUT2D eigenvalue weighted by atomic mass is 19.3. The van der Waals surface area contributed by atoms with Gasteiger partial charge in [-0.2, -0.15) is 8.78 Å². The molecule has 1 aromatic rings. The molecule has 5 heteroatoms. The van der Waals surface area contributed by atoms with E-state index in [-0.39, 0.29) is 5.75 Å². The van der Waals surface area contributed by atoms with Gasteiger partial charge in [-0.1, -0.05) is 31.9 Å². The van der Waals surface area contributed by atoms with Crippen LogP contribution in [-0.2, 0) is 9.47 Å². The molecule has 0 radical (unpaired) electrons. The molecule has 0 atom stereocenters. The van der Waals surface area contributed by atoms with Gasteiger partial charge in [0.25, 0.3) is 0 Å². The van der Waals surface area contributed by atoms with Crippen molar-refractivity contribution in [2.75, 3.05) is 13.2 Å². The van der Waals surface area contributed by atoms with Crippen LogP contribution >= 0.6 is 0 Å². The van der Waals surface area contributed by atoms with Gasteiger partial charge in [-0.25, -0.2) is 0 Å². The zero-order valence-electron chi connectivity index (χ0n) is 11.6. The molecular formula is C15H20F2O3. The highest BCUT2D eigenvalue weighted by Crippen LogP contribution is 2.28. The summed E-state index contributed by atoms with van der Waals surface area (Å²) in [6, 6.07) is 6.37. The third kappa shape index (κ3) is 4.42. The smallest absolute Gasteiger partial charge is 0.387 e. The van der Waals surface area contributed by atoms with E-state index >= 15 is 0 Å². The third-order valence-electron chi connectivity index (χ3n) is 3.31. The predicted molar refractivity (Wildman–Crippen MR) is 70.7 cm³/mol. The molecule has 20 heavy (non-hydrogen) atoms. The summed E-state index contributed by atoms with van der Waals surface area (Å²) in [5.41, 5.74) is 0.820. The Morgan fingerprint density at radius 3 is 2.40 bits per heavy atom. The molecular weight excluding hydrogens is 266 g/mol. The minimum Gasteiger partial charge on any atom is -0.435 e. The molecule has 1 aromatic carbocycles. The lowest BCUT2D eigenvalue weighted by Gasteiger charge is -2.29. The summed E-state index contributed by atoms with van der Waals surface area (Å²) >= 11 is 0. The van der Waals surface area contributed by atoms with Gasteiger partial charge in [-0.3, -0.25) is 0 Å². The second-order valence-electron chi connectivity index (χ2n) is 4.95. The summed E-state index contributed by atoms with van der Waals surface area (Å²) in [5.74, 6) is 0.591. The quantitative estimate of drug-likeness (QED) is 0.786. The molecule has 0 spiro atoms. The van der Waals surface area contributed by atoms with E-state index < -0.39 is 12.9 Å². The van der Waals surface area contributed by atoms with Gasteiger partial charge in [0.1, 0.15) is 5.75 Å². The van der Waals surface area contributed by atoms with Gasteiger partial charge in [-0.15, -0.1) is 0 Å². The average Bonchev–Trinajstić information content (AvgIpc) is 2.46. The van der Waals surface area contributed by atoms with Gasteiger partial charge in [-0.05, 0) is 18.6 Å². The Morgan fingerprint density at radius 2 is 1.85 bits per heavy atom. The Labute approximate surface area is 117 Å². The molecule has 1 fully saturated rings. The summed E-state index contributed by atoms with van der Waals surface area (Å²) in [6.07, 6.45) is 3.06. The van der Waals surface area contributed by atoms with E-state index in [0.717, 1.165) is 12.0 Å². The molecule has 112 valence electrons. The van der Waals surface area contributed by atoms with Gasteiger partial charge in [0, 0.05) is 11.5 Å². The van der Waals surface area contributed by atoms with Crippen LogP contribution in [0, 0.1) is 5.92 Å².